The van der Waals surface area contributed by atoms with Gasteiger partial charge in [-0.3, -0.25) is 4.79 Å². The van der Waals surface area contributed by atoms with Gasteiger partial charge in [0.25, 0.3) is 0 Å². The first-order chi connectivity index (χ1) is 11.7. The molecule has 0 bridgehead atoms. The number of hydrogen-bond donors (Lipinski definition) is 1. The van der Waals surface area contributed by atoms with Gasteiger partial charge in [-0.25, -0.2) is 4.98 Å². The third-order valence-corrected chi connectivity index (χ3v) is 4.31. The summed E-state index contributed by atoms with van der Waals surface area (Å²) in [6, 6.07) is 10.0. The fraction of sp³-hybridized carbons (Fsp3) is 0.364. The number of aliphatic hydroxyl groups is 1. The highest BCUT2D eigenvalue weighted by Gasteiger charge is 2.21. The lowest BCUT2D eigenvalue weighted by Crippen LogP contribution is -2.14. The van der Waals surface area contributed by atoms with Crippen LogP contribution in [-0.4, -0.2) is 21.5 Å². The van der Waals surface area contributed by atoms with Crippen molar-refractivity contribution in [3.63, 3.8) is 0 Å². The molecular formula is C22H23NO2. The van der Waals surface area contributed by atoms with E-state index in [4.69, 9.17) is 4.98 Å². The van der Waals surface area contributed by atoms with Crippen LogP contribution in [0, 0.1) is 11.8 Å². The maximum absolute atomic E-state index is 12.0. The van der Waals surface area contributed by atoms with Crippen molar-refractivity contribution in [3.05, 3.63) is 52.8 Å². The number of benzene rings is 1. The summed E-state index contributed by atoms with van der Waals surface area (Å²) in [6.45, 7) is 7.49. The Bertz CT molecular complexity index is 892. The minimum absolute atomic E-state index is 0.225. The van der Waals surface area contributed by atoms with Crippen LogP contribution in [-0.2, 0) is 6.42 Å². The van der Waals surface area contributed by atoms with Crippen LogP contribution >= 0.6 is 0 Å². The Morgan fingerprint density at radius 1 is 1.12 bits per heavy atom. The molecule has 25 heavy (non-hydrogen) atoms. The van der Waals surface area contributed by atoms with Crippen LogP contribution in [0.5, 0.6) is 0 Å². The van der Waals surface area contributed by atoms with Gasteiger partial charge >= 0.3 is 0 Å². The number of hydrogen-bond acceptors (Lipinski definition) is 3. The molecular weight excluding hydrogens is 310 g/mol. The van der Waals surface area contributed by atoms with E-state index in [1.165, 1.54) is 0 Å². The maximum Gasteiger partial charge on any atom is 0.163 e. The van der Waals surface area contributed by atoms with E-state index < -0.39 is 5.60 Å². The molecule has 0 saturated heterocycles. The van der Waals surface area contributed by atoms with Crippen molar-refractivity contribution in [2.45, 2.75) is 52.1 Å². The monoisotopic (exact) mass is 333 g/mol. The maximum atomic E-state index is 12.0. The quantitative estimate of drug-likeness (QED) is 0.841. The van der Waals surface area contributed by atoms with E-state index in [0.717, 1.165) is 34.4 Å². The normalized spacial score (nSPS) is 13.6. The van der Waals surface area contributed by atoms with Crippen LogP contribution in [0.25, 0.3) is 11.1 Å². The van der Waals surface area contributed by atoms with Gasteiger partial charge in [-0.2, -0.15) is 0 Å². The predicted octanol–water partition coefficient (Wildman–Crippen LogP) is 4.12. The first-order valence-electron chi connectivity index (χ1n) is 8.67. The van der Waals surface area contributed by atoms with Crippen molar-refractivity contribution >= 4 is 5.78 Å². The zero-order valence-corrected chi connectivity index (χ0v) is 15.2. The van der Waals surface area contributed by atoms with E-state index in [-0.39, 0.29) is 11.7 Å². The fourth-order valence-electron chi connectivity index (χ4n) is 3.05. The number of carbonyl (C=O) groups excluding carboxylic acids is 1. The summed E-state index contributed by atoms with van der Waals surface area (Å²) in [5, 5.41) is 9.77. The molecule has 3 rings (SSSR count). The number of aryl methyl sites for hydroxylation is 1. The van der Waals surface area contributed by atoms with Crippen molar-refractivity contribution in [2.75, 3.05) is 0 Å². The molecule has 0 amide bonds. The Morgan fingerprint density at radius 3 is 2.56 bits per heavy atom. The van der Waals surface area contributed by atoms with Crippen LogP contribution < -0.4 is 0 Å². The molecule has 1 aliphatic carbocycles. The lowest BCUT2D eigenvalue weighted by atomic mass is 9.94. The van der Waals surface area contributed by atoms with E-state index in [1.54, 1.807) is 13.8 Å². The summed E-state index contributed by atoms with van der Waals surface area (Å²) in [6.07, 6.45) is 1.45. The van der Waals surface area contributed by atoms with Crippen LogP contribution in [0.1, 0.15) is 67.3 Å². The van der Waals surface area contributed by atoms with Crippen LogP contribution in [0.2, 0.25) is 0 Å². The molecule has 2 aromatic rings. The van der Waals surface area contributed by atoms with Gasteiger partial charge in [0.1, 0.15) is 11.3 Å². The third kappa shape index (κ3) is 3.81. The predicted molar refractivity (Wildman–Crippen MR) is 99.6 cm³/mol. The van der Waals surface area contributed by atoms with Gasteiger partial charge in [0.15, 0.2) is 5.78 Å². The zero-order chi connectivity index (χ0) is 18.2. The van der Waals surface area contributed by atoms with Gasteiger partial charge in [-0.1, -0.05) is 31.9 Å². The Kier molecular flexibility index (Phi) is 4.49. The molecule has 3 heteroatoms. The van der Waals surface area contributed by atoms with Gasteiger partial charge in [-0.15, -0.1) is 0 Å². The Labute approximate surface area is 149 Å². The molecule has 1 aromatic heterocycles. The largest absolute Gasteiger partial charge is 0.378 e. The molecule has 128 valence electrons. The molecule has 0 saturated carbocycles. The second-order valence-corrected chi connectivity index (χ2v) is 7.39. The van der Waals surface area contributed by atoms with Crippen LogP contribution in [0.4, 0.5) is 0 Å². The molecule has 1 N–H and O–H groups in total. The van der Waals surface area contributed by atoms with Crippen molar-refractivity contribution in [3.8, 4) is 23.0 Å². The minimum Gasteiger partial charge on any atom is -0.378 e. The number of ketones is 1. The second-order valence-electron chi connectivity index (χ2n) is 7.39. The summed E-state index contributed by atoms with van der Waals surface area (Å²) < 4.78 is 0. The van der Waals surface area contributed by atoms with Gasteiger partial charge in [-0.05, 0) is 61.4 Å². The Morgan fingerprint density at radius 2 is 1.88 bits per heavy atom. The average Bonchev–Trinajstić information content (AvgIpc) is 2.93. The van der Waals surface area contributed by atoms with E-state index in [1.807, 2.05) is 18.2 Å². The first kappa shape index (κ1) is 17.4. The highest BCUT2D eigenvalue weighted by Crippen LogP contribution is 2.32. The summed E-state index contributed by atoms with van der Waals surface area (Å²) >= 11 is 0. The van der Waals surface area contributed by atoms with Crippen LogP contribution in [0.15, 0.2) is 30.3 Å². The first-order valence-corrected chi connectivity index (χ1v) is 8.67. The number of nitrogens with zero attached hydrogens (tertiary/aromatic N) is 1. The second kappa shape index (κ2) is 6.46. The molecule has 1 aromatic carbocycles. The minimum atomic E-state index is -1.04. The summed E-state index contributed by atoms with van der Waals surface area (Å²) in [4.78, 5) is 16.7. The van der Waals surface area contributed by atoms with Crippen molar-refractivity contribution in [1.82, 2.24) is 4.98 Å². The van der Waals surface area contributed by atoms with Gasteiger partial charge in [0.05, 0.1) is 5.69 Å². The summed E-state index contributed by atoms with van der Waals surface area (Å²) in [5.41, 5.74) is 4.59. The summed E-state index contributed by atoms with van der Waals surface area (Å²) in [7, 11) is 0. The lowest BCUT2D eigenvalue weighted by Gasteiger charge is -2.13. The van der Waals surface area contributed by atoms with Crippen molar-refractivity contribution in [2.24, 2.45) is 0 Å². The molecule has 0 spiro atoms. The molecule has 0 radical (unpaired) electrons. The SMILES string of the molecule is CC(C)c1nc(C#CC(C)(C)O)ccc1-c1ccc2c(c1)C(=O)CC2. The number of aromatic nitrogens is 1. The zero-order valence-electron chi connectivity index (χ0n) is 15.2. The summed E-state index contributed by atoms with van der Waals surface area (Å²) in [5.74, 6) is 6.19. The molecule has 0 atom stereocenters. The fourth-order valence-corrected chi connectivity index (χ4v) is 3.05. The van der Waals surface area contributed by atoms with E-state index in [2.05, 4.69) is 37.8 Å². The lowest BCUT2D eigenvalue weighted by molar-refractivity contribution is 0.0994. The van der Waals surface area contributed by atoms with Crippen molar-refractivity contribution in [1.29, 1.82) is 0 Å². The average molecular weight is 333 g/mol. The molecule has 0 aliphatic heterocycles. The highest BCUT2D eigenvalue weighted by atomic mass is 16.3. The molecule has 1 heterocycles. The smallest absolute Gasteiger partial charge is 0.163 e. The number of carbonyl (C=O) groups is 1. The molecule has 0 fully saturated rings. The number of fused-ring (bicyclic) bond motifs is 1. The third-order valence-electron chi connectivity index (χ3n) is 4.31. The Balaban J connectivity index is 2.06. The molecule has 3 nitrogen and oxygen atoms in total. The number of rotatable bonds is 2. The Hall–Kier alpha value is -2.44. The standard InChI is InChI=1S/C22H23NO2/c1-14(2)21-18(9-8-17(23-21)11-12-22(3,4)25)16-6-5-15-7-10-20(24)19(15)13-16/h5-6,8-9,13-14,25H,7,10H2,1-4H3. The molecule has 1 aliphatic rings. The van der Waals surface area contributed by atoms with Gasteiger partial charge in [0, 0.05) is 17.5 Å². The number of Topliss-reactive ketones (excluding diaryl/α,β-unsaturated/α-hetero) is 1. The van der Waals surface area contributed by atoms with E-state index >= 15 is 0 Å². The highest BCUT2D eigenvalue weighted by molar-refractivity contribution is 6.01. The van der Waals surface area contributed by atoms with Gasteiger partial charge in [0.2, 0.25) is 0 Å². The van der Waals surface area contributed by atoms with E-state index in [9.17, 15) is 9.90 Å². The van der Waals surface area contributed by atoms with Crippen LogP contribution in [0.3, 0.4) is 0 Å². The number of pyridine rings is 1. The topological polar surface area (TPSA) is 50.2 Å². The van der Waals surface area contributed by atoms with E-state index in [0.29, 0.717) is 12.1 Å². The van der Waals surface area contributed by atoms with Gasteiger partial charge < -0.3 is 5.11 Å². The molecule has 0 unspecified atom stereocenters. The van der Waals surface area contributed by atoms with Crippen molar-refractivity contribution < 1.29 is 9.90 Å².